The molecule has 124 valence electrons. The van der Waals surface area contributed by atoms with E-state index in [0.717, 1.165) is 23.6 Å². The number of nitrogens with zero attached hydrogens (tertiary/aromatic N) is 4. The molecule has 0 fully saturated rings. The lowest BCUT2D eigenvalue weighted by molar-refractivity contribution is -0.131. The zero-order valence-electron chi connectivity index (χ0n) is 14.2. The summed E-state index contributed by atoms with van der Waals surface area (Å²) in [6, 6.07) is 8.01. The minimum atomic E-state index is 0.0956. The van der Waals surface area contributed by atoms with Crippen molar-refractivity contribution < 1.29 is 9.53 Å². The highest BCUT2D eigenvalue weighted by Gasteiger charge is 2.18. The summed E-state index contributed by atoms with van der Waals surface area (Å²) >= 11 is 0. The normalized spacial score (nSPS) is 12.0. The maximum atomic E-state index is 12.4. The number of para-hydroxylation sites is 1. The van der Waals surface area contributed by atoms with Gasteiger partial charge >= 0.3 is 0 Å². The van der Waals surface area contributed by atoms with Crippen LogP contribution in [-0.4, -0.2) is 45.8 Å². The van der Waals surface area contributed by atoms with Gasteiger partial charge in [0.2, 0.25) is 5.91 Å². The van der Waals surface area contributed by atoms with Crippen molar-refractivity contribution in [3.63, 3.8) is 0 Å². The number of aromatic nitrogens is 3. The van der Waals surface area contributed by atoms with Crippen molar-refractivity contribution in [2.24, 2.45) is 7.05 Å². The van der Waals surface area contributed by atoms with Crippen molar-refractivity contribution in [2.75, 3.05) is 14.2 Å². The van der Waals surface area contributed by atoms with Gasteiger partial charge < -0.3 is 14.2 Å². The van der Waals surface area contributed by atoms with Gasteiger partial charge in [-0.2, -0.15) is 0 Å². The summed E-state index contributed by atoms with van der Waals surface area (Å²) in [5, 5.41) is 7.84. The van der Waals surface area contributed by atoms with E-state index in [1.807, 2.05) is 49.9 Å². The average Bonchev–Trinajstić information content (AvgIpc) is 2.97. The Hall–Kier alpha value is -2.37. The van der Waals surface area contributed by atoms with Gasteiger partial charge in [-0.25, -0.2) is 0 Å². The van der Waals surface area contributed by atoms with E-state index >= 15 is 0 Å². The first kappa shape index (κ1) is 17.0. The number of likely N-dealkylation sites (N-methyl/N-ethyl adjacent to an activating group) is 1. The summed E-state index contributed by atoms with van der Waals surface area (Å²) in [6.07, 6.45) is 3.43. The van der Waals surface area contributed by atoms with Gasteiger partial charge in [-0.05, 0) is 25.0 Å². The van der Waals surface area contributed by atoms with Crippen LogP contribution in [0.1, 0.15) is 24.7 Å². The minimum absolute atomic E-state index is 0.0956. The molecule has 0 saturated carbocycles. The molecule has 0 bridgehead atoms. The number of carbonyl (C=O) groups excluding carboxylic acids is 1. The third-order valence-electron chi connectivity index (χ3n) is 4.13. The van der Waals surface area contributed by atoms with E-state index in [9.17, 15) is 4.79 Å². The molecule has 6 heteroatoms. The van der Waals surface area contributed by atoms with Crippen molar-refractivity contribution >= 4 is 5.91 Å². The van der Waals surface area contributed by atoms with Gasteiger partial charge in [-0.3, -0.25) is 4.79 Å². The van der Waals surface area contributed by atoms with Crippen molar-refractivity contribution in [1.29, 1.82) is 0 Å². The Morgan fingerprint density at radius 3 is 2.78 bits per heavy atom. The highest BCUT2D eigenvalue weighted by molar-refractivity contribution is 5.76. The minimum Gasteiger partial charge on any atom is -0.496 e. The SMILES string of the molecule is COc1ccccc1C[C@H](C)N(C)C(=O)CCc1nncn1C. The standard InChI is InChI=1S/C17H24N4O2/c1-13(11-14-7-5-6-8-15(14)23-4)21(3)17(22)10-9-16-19-18-12-20(16)2/h5-8,12-13H,9-11H2,1-4H3/t13-/m0/s1. The predicted molar refractivity (Wildman–Crippen MR) is 88.3 cm³/mol. The lowest BCUT2D eigenvalue weighted by Crippen LogP contribution is -2.36. The maximum absolute atomic E-state index is 12.4. The Balaban J connectivity index is 1.92. The molecule has 0 aliphatic carbocycles. The highest BCUT2D eigenvalue weighted by Crippen LogP contribution is 2.20. The van der Waals surface area contributed by atoms with E-state index in [4.69, 9.17) is 4.74 Å². The number of benzene rings is 1. The molecule has 23 heavy (non-hydrogen) atoms. The number of aryl methyl sites for hydroxylation is 2. The lowest BCUT2D eigenvalue weighted by Gasteiger charge is -2.25. The molecule has 2 aromatic rings. The van der Waals surface area contributed by atoms with Gasteiger partial charge in [-0.1, -0.05) is 18.2 Å². The predicted octanol–water partition coefficient (Wildman–Crippen LogP) is 1.85. The first-order valence-electron chi connectivity index (χ1n) is 7.73. The molecular formula is C17H24N4O2. The highest BCUT2D eigenvalue weighted by atomic mass is 16.5. The molecule has 6 nitrogen and oxygen atoms in total. The van der Waals surface area contributed by atoms with E-state index in [0.29, 0.717) is 12.8 Å². The summed E-state index contributed by atoms with van der Waals surface area (Å²) in [5.74, 6) is 1.79. The third-order valence-corrected chi connectivity index (χ3v) is 4.13. The lowest BCUT2D eigenvalue weighted by atomic mass is 10.0. The smallest absolute Gasteiger partial charge is 0.223 e. The summed E-state index contributed by atoms with van der Waals surface area (Å²) in [4.78, 5) is 14.2. The first-order valence-corrected chi connectivity index (χ1v) is 7.73. The number of rotatable bonds is 7. The fourth-order valence-electron chi connectivity index (χ4n) is 2.50. The van der Waals surface area contributed by atoms with Crippen LogP contribution in [0.4, 0.5) is 0 Å². The largest absolute Gasteiger partial charge is 0.496 e. The summed E-state index contributed by atoms with van der Waals surface area (Å²) in [7, 11) is 5.40. The Morgan fingerprint density at radius 1 is 1.39 bits per heavy atom. The van der Waals surface area contributed by atoms with E-state index in [-0.39, 0.29) is 11.9 Å². The van der Waals surface area contributed by atoms with Crippen LogP contribution >= 0.6 is 0 Å². The van der Waals surface area contributed by atoms with E-state index < -0.39 is 0 Å². The molecule has 0 unspecified atom stereocenters. The van der Waals surface area contributed by atoms with Crippen LogP contribution in [0, 0.1) is 0 Å². The topological polar surface area (TPSA) is 60.2 Å². The Morgan fingerprint density at radius 2 is 2.13 bits per heavy atom. The van der Waals surface area contributed by atoms with Gasteiger partial charge in [0.25, 0.3) is 0 Å². The maximum Gasteiger partial charge on any atom is 0.223 e. The average molecular weight is 316 g/mol. The van der Waals surface area contributed by atoms with Crippen molar-refractivity contribution in [3.8, 4) is 5.75 Å². The molecule has 0 aliphatic rings. The molecule has 0 spiro atoms. The second-order valence-electron chi connectivity index (χ2n) is 5.73. The van der Waals surface area contributed by atoms with Crippen molar-refractivity contribution in [3.05, 3.63) is 42.0 Å². The van der Waals surface area contributed by atoms with Gasteiger partial charge in [0, 0.05) is 33.0 Å². The van der Waals surface area contributed by atoms with E-state index in [1.54, 1.807) is 18.3 Å². The first-order chi connectivity index (χ1) is 11.0. The molecule has 1 atom stereocenters. The molecule has 1 aromatic carbocycles. The number of methoxy groups -OCH3 is 1. The third kappa shape index (κ3) is 4.31. The molecule has 0 saturated heterocycles. The van der Waals surface area contributed by atoms with Crippen LogP contribution in [-0.2, 0) is 24.7 Å². The van der Waals surface area contributed by atoms with Crippen LogP contribution in [0.3, 0.4) is 0 Å². The molecule has 2 rings (SSSR count). The zero-order chi connectivity index (χ0) is 16.8. The number of hydrogen-bond acceptors (Lipinski definition) is 4. The van der Waals surface area contributed by atoms with Crippen LogP contribution in [0.25, 0.3) is 0 Å². The summed E-state index contributed by atoms with van der Waals surface area (Å²) in [5.41, 5.74) is 1.11. The fourth-order valence-corrected chi connectivity index (χ4v) is 2.50. The van der Waals surface area contributed by atoms with Crippen molar-refractivity contribution in [1.82, 2.24) is 19.7 Å². The number of amides is 1. The Bertz CT molecular complexity index is 654. The Labute approximate surface area is 137 Å². The second kappa shape index (κ2) is 7.76. The van der Waals surface area contributed by atoms with Gasteiger partial charge in [0.15, 0.2) is 0 Å². The number of hydrogen-bond donors (Lipinski definition) is 0. The molecule has 0 aliphatic heterocycles. The molecule has 1 aromatic heterocycles. The summed E-state index contributed by atoms with van der Waals surface area (Å²) < 4.78 is 7.21. The van der Waals surface area contributed by atoms with Crippen LogP contribution in [0.5, 0.6) is 5.75 Å². The van der Waals surface area contributed by atoms with Gasteiger partial charge in [0.1, 0.15) is 17.9 Å². The van der Waals surface area contributed by atoms with Crippen molar-refractivity contribution in [2.45, 2.75) is 32.2 Å². The molecule has 0 N–H and O–H groups in total. The zero-order valence-corrected chi connectivity index (χ0v) is 14.2. The number of ether oxygens (including phenoxy) is 1. The number of carbonyl (C=O) groups is 1. The molecule has 0 radical (unpaired) electrons. The fraction of sp³-hybridized carbons (Fsp3) is 0.471. The molecule has 1 heterocycles. The summed E-state index contributed by atoms with van der Waals surface area (Å²) in [6.45, 7) is 2.05. The van der Waals surface area contributed by atoms with E-state index in [1.165, 1.54) is 0 Å². The van der Waals surface area contributed by atoms with E-state index in [2.05, 4.69) is 10.2 Å². The monoisotopic (exact) mass is 316 g/mol. The second-order valence-corrected chi connectivity index (χ2v) is 5.73. The Kier molecular flexibility index (Phi) is 5.73. The van der Waals surface area contributed by atoms with Gasteiger partial charge in [0.05, 0.1) is 7.11 Å². The van der Waals surface area contributed by atoms with Crippen LogP contribution in [0.2, 0.25) is 0 Å². The van der Waals surface area contributed by atoms with Crippen LogP contribution < -0.4 is 4.74 Å². The molecule has 1 amide bonds. The quantitative estimate of drug-likeness (QED) is 0.782. The van der Waals surface area contributed by atoms with Gasteiger partial charge in [-0.15, -0.1) is 10.2 Å². The molecular weight excluding hydrogens is 292 g/mol. The van der Waals surface area contributed by atoms with Crippen LogP contribution in [0.15, 0.2) is 30.6 Å².